The summed E-state index contributed by atoms with van der Waals surface area (Å²) in [5, 5.41) is 15.2. The van der Waals surface area contributed by atoms with Gasteiger partial charge in [-0.2, -0.15) is 0 Å². The van der Waals surface area contributed by atoms with Gasteiger partial charge >= 0.3 is 6.03 Å². The van der Waals surface area contributed by atoms with Crippen LogP contribution in [0, 0.1) is 17.8 Å². The molecule has 6 rings (SSSR count). The molecule has 10 nitrogen and oxygen atoms in total. The van der Waals surface area contributed by atoms with Crippen LogP contribution in [0.2, 0.25) is 0 Å². The van der Waals surface area contributed by atoms with Crippen molar-refractivity contribution in [3.63, 3.8) is 0 Å². The number of fused-ring (bicyclic) bond motifs is 3. The summed E-state index contributed by atoms with van der Waals surface area (Å²) in [6.07, 6.45) is 0.847. The number of nitrogens with zero attached hydrogens (tertiary/aromatic N) is 2. The van der Waals surface area contributed by atoms with E-state index in [0.29, 0.717) is 35.2 Å². The molecular formula is C37H38N4O6. The molecular weight excluding hydrogens is 596 g/mol. The van der Waals surface area contributed by atoms with Crippen LogP contribution in [-0.2, 0) is 32.1 Å². The molecule has 3 aromatic rings. The van der Waals surface area contributed by atoms with Crippen molar-refractivity contribution in [1.29, 1.82) is 0 Å². The lowest BCUT2D eigenvalue weighted by Gasteiger charge is -2.54. The molecule has 2 fully saturated rings. The van der Waals surface area contributed by atoms with Crippen LogP contribution >= 0.6 is 0 Å². The molecule has 0 unspecified atom stereocenters. The third-order valence-electron chi connectivity index (χ3n) is 9.66. The van der Waals surface area contributed by atoms with E-state index >= 15 is 4.79 Å². The van der Waals surface area contributed by atoms with Gasteiger partial charge in [0.05, 0.1) is 24.1 Å². The average molecular weight is 635 g/mol. The highest BCUT2D eigenvalue weighted by Gasteiger charge is 2.67. The number of para-hydroxylation sites is 1. The molecule has 3 aliphatic rings. The molecule has 10 heteroatoms. The molecule has 0 spiro atoms. The summed E-state index contributed by atoms with van der Waals surface area (Å²) < 4.78 is 0. The van der Waals surface area contributed by atoms with E-state index in [-0.39, 0.29) is 38.4 Å². The van der Waals surface area contributed by atoms with Crippen molar-refractivity contribution < 1.29 is 29.1 Å². The van der Waals surface area contributed by atoms with Gasteiger partial charge in [-0.05, 0) is 42.5 Å². The standard InChI is InChI=1S/C37H38N4O6/c1-2-27-28-18-19-29-30(34(45)40(32(29)43)26-16-10-5-11-17-26)31(28)37(22-24-12-6-3-7-13-24,41(33(27)44)36(47)38-20-21-42)35(46)39-23-25-14-8-4-9-15-25/h3-17,29-31,42H,2,18-23H2,1H3,(H,38,47)(H,39,46)/t29-,30-,31+,37+/m1/s1. The minimum absolute atomic E-state index is 0.0893. The molecule has 3 N–H and O–H groups in total. The summed E-state index contributed by atoms with van der Waals surface area (Å²) in [5.74, 6) is -4.75. The number of rotatable bonds is 9. The largest absolute Gasteiger partial charge is 0.395 e. The first-order chi connectivity index (χ1) is 22.8. The van der Waals surface area contributed by atoms with Crippen LogP contribution in [0.5, 0.6) is 0 Å². The van der Waals surface area contributed by atoms with Gasteiger partial charge in [-0.15, -0.1) is 0 Å². The molecule has 0 bridgehead atoms. The second-order valence-electron chi connectivity index (χ2n) is 12.2. The highest BCUT2D eigenvalue weighted by atomic mass is 16.3. The zero-order valence-electron chi connectivity index (χ0n) is 26.2. The summed E-state index contributed by atoms with van der Waals surface area (Å²) in [6.45, 7) is 1.39. The predicted molar refractivity (Wildman–Crippen MR) is 174 cm³/mol. The maximum absolute atomic E-state index is 15.0. The van der Waals surface area contributed by atoms with Gasteiger partial charge in [-0.1, -0.05) is 91.4 Å². The Labute approximate surface area is 273 Å². The van der Waals surface area contributed by atoms with Gasteiger partial charge in [0.2, 0.25) is 17.7 Å². The van der Waals surface area contributed by atoms with Gasteiger partial charge in [0, 0.05) is 31.0 Å². The van der Waals surface area contributed by atoms with Crippen LogP contribution in [0.15, 0.2) is 102 Å². The SMILES string of the molecule is CCC1=C2CC[C@H]3C(=O)N(c4ccccc4)C(=O)[C@H]3[C@H]2[C@@](Cc2ccccc2)(C(=O)NCc2ccccc2)N(C(=O)NCCO)C1=O. The topological polar surface area (TPSA) is 136 Å². The number of anilines is 1. The number of imide groups is 2. The first kappa shape index (κ1) is 31.9. The van der Waals surface area contributed by atoms with E-state index in [2.05, 4.69) is 10.6 Å². The number of carbonyl (C=O) groups is 5. The van der Waals surface area contributed by atoms with E-state index < -0.39 is 47.0 Å². The number of nitrogens with one attached hydrogen (secondary N) is 2. The van der Waals surface area contributed by atoms with Gasteiger partial charge in [0.25, 0.3) is 5.91 Å². The molecule has 47 heavy (non-hydrogen) atoms. The molecule has 3 aromatic carbocycles. The number of hydrogen-bond acceptors (Lipinski definition) is 6. The van der Waals surface area contributed by atoms with Gasteiger partial charge < -0.3 is 15.7 Å². The average Bonchev–Trinajstić information content (AvgIpc) is 3.36. The molecule has 0 aromatic heterocycles. The van der Waals surface area contributed by atoms with Crippen molar-refractivity contribution in [3.05, 3.63) is 113 Å². The van der Waals surface area contributed by atoms with Crippen LogP contribution in [0.4, 0.5) is 10.5 Å². The molecule has 1 saturated heterocycles. The second kappa shape index (κ2) is 13.3. The highest BCUT2D eigenvalue weighted by molar-refractivity contribution is 6.23. The Morgan fingerprint density at radius 3 is 2.09 bits per heavy atom. The molecule has 6 amide bonds. The van der Waals surface area contributed by atoms with Crippen molar-refractivity contribution >= 4 is 35.3 Å². The fraction of sp³-hybridized carbons (Fsp3) is 0.324. The molecule has 1 aliphatic carbocycles. The monoisotopic (exact) mass is 634 g/mol. The van der Waals surface area contributed by atoms with E-state index in [1.807, 2.05) is 67.6 Å². The molecule has 4 atom stereocenters. The second-order valence-corrected chi connectivity index (χ2v) is 12.2. The van der Waals surface area contributed by atoms with Crippen molar-refractivity contribution in [1.82, 2.24) is 15.5 Å². The number of benzene rings is 3. The van der Waals surface area contributed by atoms with Gasteiger partial charge in [0.15, 0.2) is 0 Å². The summed E-state index contributed by atoms with van der Waals surface area (Å²) in [7, 11) is 0. The van der Waals surface area contributed by atoms with Crippen LogP contribution in [-0.4, -0.2) is 58.4 Å². The van der Waals surface area contributed by atoms with Gasteiger partial charge in [-0.25, -0.2) is 9.69 Å². The Kier molecular flexibility index (Phi) is 9.04. The summed E-state index contributed by atoms with van der Waals surface area (Å²) in [5.41, 5.74) is 1.01. The molecule has 0 radical (unpaired) electrons. The Balaban J connectivity index is 1.58. The number of amides is 6. The first-order valence-electron chi connectivity index (χ1n) is 16.1. The fourth-order valence-corrected chi connectivity index (χ4v) is 7.70. The van der Waals surface area contributed by atoms with Gasteiger partial charge in [-0.3, -0.25) is 24.1 Å². The fourth-order valence-electron chi connectivity index (χ4n) is 7.70. The quantitative estimate of drug-likeness (QED) is 0.307. The molecule has 2 aliphatic heterocycles. The lowest BCUT2D eigenvalue weighted by atomic mass is 9.57. The van der Waals surface area contributed by atoms with Crippen molar-refractivity contribution in [2.75, 3.05) is 18.1 Å². The minimum Gasteiger partial charge on any atom is -0.395 e. The van der Waals surface area contributed by atoms with Crippen molar-refractivity contribution in [3.8, 4) is 0 Å². The summed E-state index contributed by atoms with van der Waals surface area (Å²) >= 11 is 0. The number of aliphatic hydroxyl groups excluding tert-OH is 1. The van der Waals surface area contributed by atoms with Crippen molar-refractivity contribution in [2.45, 2.75) is 44.7 Å². The Bertz CT molecular complexity index is 1710. The predicted octanol–water partition coefficient (Wildman–Crippen LogP) is 3.75. The normalized spacial score (nSPS) is 23.8. The Morgan fingerprint density at radius 1 is 0.851 bits per heavy atom. The van der Waals surface area contributed by atoms with E-state index in [9.17, 15) is 24.3 Å². The lowest BCUT2D eigenvalue weighted by Crippen LogP contribution is -2.73. The van der Waals surface area contributed by atoms with Crippen molar-refractivity contribution in [2.24, 2.45) is 17.8 Å². The van der Waals surface area contributed by atoms with E-state index in [0.717, 1.165) is 10.5 Å². The lowest BCUT2D eigenvalue weighted by molar-refractivity contribution is -0.151. The highest BCUT2D eigenvalue weighted by Crippen LogP contribution is 2.55. The molecule has 242 valence electrons. The zero-order chi connectivity index (χ0) is 33.1. The molecule has 2 heterocycles. The summed E-state index contributed by atoms with van der Waals surface area (Å²) in [4.78, 5) is 74.5. The minimum atomic E-state index is -1.92. The molecule has 1 saturated carbocycles. The first-order valence-corrected chi connectivity index (χ1v) is 16.1. The summed E-state index contributed by atoms with van der Waals surface area (Å²) in [6, 6.07) is 26.2. The van der Waals surface area contributed by atoms with E-state index in [1.54, 1.807) is 30.3 Å². The maximum atomic E-state index is 15.0. The zero-order valence-corrected chi connectivity index (χ0v) is 26.2. The Hall–Kier alpha value is -5.09. The van der Waals surface area contributed by atoms with E-state index in [1.165, 1.54) is 4.90 Å². The Morgan fingerprint density at radius 2 is 1.47 bits per heavy atom. The number of carbonyl (C=O) groups excluding carboxylic acids is 5. The third kappa shape index (κ3) is 5.52. The smallest absolute Gasteiger partial charge is 0.325 e. The van der Waals surface area contributed by atoms with Crippen LogP contribution in [0.25, 0.3) is 0 Å². The number of aliphatic hydroxyl groups is 1. The number of urea groups is 1. The van der Waals surface area contributed by atoms with Crippen LogP contribution < -0.4 is 15.5 Å². The van der Waals surface area contributed by atoms with Gasteiger partial charge in [0.1, 0.15) is 5.54 Å². The maximum Gasteiger partial charge on any atom is 0.325 e. The van der Waals surface area contributed by atoms with Crippen LogP contribution in [0.1, 0.15) is 37.3 Å². The van der Waals surface area contributed by atoms with Crippen LogP contribution in [0.3, 0.4) is 0 Å². The van der Waals surface area contributed by atoms with E-state index in [4.69, 9.17) is 0 Å². The third-order valence-corrected chi connectivity index (χ3v) is 9.66. The number of hydrogen-bond donors (Lipinski definition) is 3.